The summed E-state index contributed by atoms with van der Waals surface area (Å²) in [5.74, 6) is -0.110. The molecule has 0 saturated carbocycles. The van der Waals surface area contributed by atoms with Gasteiger partial charge in [0.25, 0.3) is 6.01 Å². The SMILES string of the molecule is COc1ccc(CNC(=O)NC2CCN(c3ccc(CC(=O)c4oc(N5CCCCC5)nc4C(F)(F)F)cn3)CC2)cc1. The number of ketones is 1. The normalized spacial score (nSPS) is 16.2. The Bertz CT molecular complexity index is 1380. The quantitative estimate of drug-likeness (QED) is 0.331. The first-order valence-electron chi connectivity index (χ1n) is 14.4. The molecule has 0 spiro atoms. The average molecular weight is 601 g/mol. The molecule has 2 aliphatic rings. The predicted octanol–water partition coefficient (Wildman–Crippen LogP) is 4.98. The molecule has 13 heteroatoms. The number of rotatable bonds is 9. The van der Waals surface area contributed by atoms with Crippen molar-refractivity contribution < 1.29 is 31.9 Å². The monoisotopic (exact) mass is 600 g/mol. The van der Waals surface area contributed by atoms with E-state index in [1.165, 1.54) is 6.20 Å². The Morgan fingerprint density at radius 3 is 2.30 bits per heavy atom. The van der Waals surface area contributed by atoms with E-state index in [4.69, 9.17) is 9.15 Å². The Morgan fingerprint density at radius 1 is 0.977 bits per heavy atom. The molecule has 0 aliphatic carbocycles. The van der Waals surface area contributed by atoms with Crippen LogP contribution >= 0.6 is 0 Å². The zero-order valence-corrected chi connectivity index (χ0v) is 24.0. The molecule has 4 heterocycles. The summed E-state index contributed by atoms with van der Waals surface area (Å²) in [5, 5.41) is 5.88. The Balaban J connectivity index is 1.11. The van der Waals surface area contributed by atoms with Crippen LogP contribution in [-0.4, -0.2) is 61.1 Å². The number of benzene rings is 1. The number of hydrogen-bond donors (Lipinski definition) is 2. The van der Waals surface area contributed by atoms with Gasteiger partial charge < -0.3 is 29.6 Å². The maximum atomic E-state index is 13.7. The van der Waals surface area contributed by atoms with Gasteiger partial charge in [-0.3, -0.25) is 4.79 Å². The molecule has 10 nitrogen and oxygen atoms in total. The van der Waals surface area contributed by atoms with E-state index >= 15 is 0 Å². The summed E-state index contributed by atoms with van der Waals surface area (Å²) in [6, 6.07) is 10.5. The number of carbonyl (C=O) groups excluding carboxylic acids is 2. The Kier molecular flexibility index (Phi) is 9.37. The highest BCUT2D eigenvalue weighted by Crippen LogP contribution is 2.35. The highest BCUT2D eigenvalue weighted by Gasteiger charge is 2.41. The number of methoxy groups -OCH3 is 1. The minimum absolute atomic E-state index is 0.0172. The number of carbonyl (C=O) groups is 2. The number of aromatic nitrogens is 2. The second kappa shape index (κ2) is 13.3. The summed E-state index contributed by atoms with van der Waals surface area (Å²) in [6.45, 7) is 2.83. The van der Waals surface area contributed by atoms with E-state index in [0.717, 1.165) is 43.4 Å². The van der Waals surface area contributed by atoms with Gasteiger partial charge in [0, 0.05) is 51.4 Å². The van der Waals surface area contributed by atoms with Crippen molar-refractivity contribution in [1.29, 1.82) is 0 Å². The van der Waals surface area contributed by atoms with Gasteiger partial charge in [0.05, 0.1) is 7.11 Å². The zero-order valence-electron chi connectivity index (χ0n) is 24.0. The molecule has 5 rings (SSSR count). The molecule has 2 saturated heterocycles. The van der Waals surface area contributed by atoms with Crippen molar-refractivity contribution in [1.82, 2.24) is 20.6 Å². The van der Waals surface area contributed by atoms with Crippen LogP contribution in [-0.2, 0) is 19.1 Å². The van der Waals surface area contributed by atoms with Gasteiger partial charge in [0.2, 0.25) is 11.5 Å². The van der Waals surface area contributed by atoms with Gasteiger partial charge in [-0.2, -0.15) is 18.2 Å². The van der Waals surface area contributed by atoms with Gasteiger partial charge in [0.1, 0.15) is 11.6 Å². The van der Waals surface area contributed by atoms with E-state index in [1.807, 2.05) is 24.3 Å². The molecule has 2 N–H and O–H groups in total. The van der Waals surface area contributed by atoms with E-state index in [2.05, 4.69) is 25.5 Å². The number of nitrogens with one attached hydrogen (secondary N) is 2. The van der Waals surface area contributed by atoms with Gasteiger partial charge in [-0.05, 0) is 61.4 Å². The fourth-order valence-electron chi connectivity index (χ4n) is 5.30. The maximum absolute atomic E-state index is 13.7. The van der Waals surface area contributed by atoms with E-state index in [1.54, 1.807) is 24.1 Å². The molecule has 0 radical (unpaired) electrons. The van der Waals surface area contributed by atoms with Gasteiger partial charge >= 0.3 is 12.2 Å². The number of amides is 2. The third-order valence-electron chi connectivity index (χ3n) is 7.70. The molecule has 0 atom stereocenters. The summed E-state index contributed by atoms with van der Waals surface area (Å²) in [7, 11) is 1.60. The fourth-order valence-corrected chi connectivity index (χ4v) is 5.30. The van der Waals surface area contributed by atoms with E-state index in [-0.39, 0.29) is 24.5 Å². The van der Waals surface area contributed by atoms with Crippen LogP contribution in [0.25, 0.3) is 0 Å². The number of oxazole rings is 1. The number of pyridine rings is 1. The largest absolute Gasteiger partial charge is 0.497 e. The second-order valence-electron chi connectivity index (χ2n) is 10.8. The minimum atomic E-state index is -4.80. The second-order valence-corrected chi connectivity index (χ2v) is 10.8. The van der Waals surface area contributed by atoms with Crippen LogP contribution in [0, 0.1) is 0 Å². The molecule has 43 heavy (non-hydrogen) atoms. The minimum Gasteiger partial charge on any atom is -0.497 e. The molecule has 1 aromatic carbocycles. The summed E-state index contributed by atoms with van der Waals surface area (Å²) < 4.78 is 51.6. The van der Waals surface area contributed by atoms with Gasteiger partial charge in [-0.15, -0.1) is 0 Å². The van der Waals surface area contributed by atoms with E-state index < -0.39 is 23.4 Å². The van der Waals surface area contributed by atoms with Crippen molar-refractivity contribution in [3.05, 3.63) is 65.2 Å². The topological polar surface area (TPSA) is 113 Å². The van der Waals surface area contributed by atoms with E-state index in [9.17, 15) is 22.8 Å². The highest BCUT2D eigenvalue weighted by atomic mass is 19.4. The first-order valence-corrected chi connectivity index (χ1v) is 14.4. The first kappa shape index (κ1) is 30.2. The molecule has 0 unspecified atom stereocenters. The van der Waals surface area contributed by atoms with Crippen LogP contribution in [0.15, 0.2) is 47.0 Å². The number of piperidine rings is 2. The summed E-state index contributed by atoms with van der Waals surface area (Å²) in [4.78, 5) is 37.1. The van der Waals surface area contributed by atoms with Crippen LogP contribution in [0.4, 0.5) is 29.8 Å². The maximum Gasteiger partial charge on any atom is 0.437 e. The Morgan fingerprint density at radius 2 is 1.67 bits per heavy atom. The number of hydrogen-bond acceptors (Lipinski definition) is 8. The molecule has 2 aromatic heterocycles. The molecular weight excluding hydrogens is 565 g/mol. The van der Waals surface area contributed by atoms with Crippen LogP contribution in [0.3, 0.4) is 0 Å². The van der Waals surface area contributed by atoms with Gasteiger partial charge in [-0.1, -0.05) is 18.2 Å². The van der Waals surface area contributed by atoms with Crippen molar-refractivity contribution in [2.45, 2.75) is 57.3 Å². The van der Waals surface area contributed by atoms with Crippen molar-refractivity contribution >= 4 is 23.6 Å². The predicted molar refractivity (Wildman–Crippen MR) is 153 cm³/mol. The van der Waals surface area contributed by atoms with Gasteiger partial charge in [-0.25, -0.2) is 9.78 Å². The lowest BCUT2D eigenvalue weighted by Gasteiger charge is -2.33. The Labute approximate surface area is 247 Å². The average Bonchev–Trinajstić information content (AvgIpc) is 3.49. The lowest BCUT2D eigenvalue weighted by Crippen LogP contribution is -2.48. The van der Waals surface area contributed by atoms with Crippen LogP contribution in [0.1, 0.15) is 59.5 Å². The lowest BCUT2D eigenvalue weighted by molar-refractivity contribution is -0.141. The number of ether oxygens (including phenoxy) is 1. The first-order chi connectivity index (χ1) is 20.7. The third kappa shape index (κ3) is 7.76. The van der Waals surface area contributed by atoms with E-state index in [0.29, 0.717) is 44.1 Å². The van der Waals surface area contributed by atoms with Crippen molar-refractivity contribution in [2.24, 2.45) is 0 Å². The van der Waals surface area contributed by atoms with Crippen molar-refractivity contribution in [3.8, 4) is 5.75 Å². The smallest absolute Gasteiger partial charge is 0.437 e. The molecule has 230 valence electrons. The number of urea groups is 1. The number of Topliss-reactive ketones (excluding diaryl/α,β-unsaturated/α-hetero) is 1. The standard InChI is InChI=1S/C30H35F3N6O4/c1-42-23-8-5-20(6-9-23)18-35-28(41)36-22-11-15-38(16-12-22)25-10-7-21(19-34-25)17-24(40)26-27(30(31,32)33)37-29(43-26)39-13-3-2-4-14-39/h5-10,19,22H,2-4,11-18H2,1H3,(H2,35,36,41). The molecule has 2 amide bonds. The number of alkyl halides is 3. The van der Waals surface area contributed by atoms with Crippen molar-refractivity contribution in [3.63, 3.8) is 0 Å². The number of nitrogens with zero attached hydrogens (tertiary/aromatic N) is 4. The molecular formula is C30H35F3N6O4. The number of halogens is 3. The van der Waals surface area contributed by atoms with Crippen LogP contribution < -0.4 is 25.2 Å². The van der Waals surface area contributed by atoms with Crippen molar-refractivity contribution in [2.75, 3.05) is 43.1 Å². The third-order valence-corrected chi connectivity index (χ3v) is 7.70. The Hall–Kier alpha value is -4.29. The highest BCUT2D eigenvalue weighted by molar-refractivity contribution is 5.96. The summed E-state index contributed by atoms with van der Waals surface area (Å²) >= 11 is 0. The summed E-state index contributed by atoms with van der Waals surface area (Å²) in [6.07, 6.45) is 0.521. The summed E-state index contributed by atoms with van der Waals surface area (Å²) in [5.41, 5.74) is 0.155. The zero-order chi connectivity index (χ0) is 30.4. The van der Waals surface area contributed by atoms with Crippen LogP contribution in [0.2, 0.25) is 0 Å². The molecule has 0 bridgehead atoms. The number of anilines is 2. The van der Waals surface area contributed by atoms with Gasteiger partial charge in [0.15, 0.2) is 5.69 Å². The molecule has 2 fully saturated rings. The van der Waals surface area contributed by atoms with Crippen LogP contribution in [0.5, 0.6) is 5.75 Å². The molecule has 3 aromatic rings. The molecule has 2 aliphatic heterocycles. The fraction of sp³-hybridized carbons (Fsp3) is 0.467. The lowest BCUT2D eigenvalue weighted by atomic mass is 10.0.